The number of aromatic nitrogens is 3. The van der Waals surface area contributed by atoms with Crippen LogP contribution < -0.4 is 20.5 Å². The van der Waals surface area contributed by atoms with E-state index >= 15 is 0 Å². The van der Waals surface area contributed by atoms with Gasteiger partial charge in [0.05, 0.1) is 0 Å². The number of carbonyl (C=O) groups excluding carboxylic acids is 1. The molecule has 1 unspecified atom stereocenters. The number of hydrogen-bond acceptors (Lipinski definition) is 5. The average molecular weight is 422 g/mol. The molecule has 2 aromatic rings. The van der Waals surface area contributed by atoms with Gasteiger partial charge in [0, 0.05) is 31.1 Å². The van der Waals surface area contributed by atoms with E-state index in [9.17, 15) is 18.4 Å². The van der Waals surface area contributed by atoms with E-state index in [1.54, 1.807) is 4.57 Å². The zero-order chi connectivity index (χ0) is 21.5. The Morgan fingerprint density at radius 2 is 2.07 bits per heavy atom. The minimum atomic E-state index is -3.72. The van der Waals surface area contributed by atoms with Crippen molar-refractivity contribution < 1.29 is 23.0 Å². The van der Waals surface area contributed by atoms with Gasteiger partial charge in [-0.25, -0.2) is 9.48 Å². The highest BCUT2D eigenvalue weighted by atomic mass is 19.3. The number of nitrogens with one attached hydrogen (secondary N) is 1. The van der Waals surface area contributed by atoms with Crippen molar-refractivity contribution in [3.8, 4) is 11.5 Å². The highest BCUT2D eigenvalue weighted by Gasteiger charge is 2.43. The molecule has 2 aliphatic rings. The Labute approximate surface area is 171 Å². The maximum atomic E-state index is 13.2. The van der Waals surface area contributed by atoms with Gasteiger partial charge < -0.3 is 14.8 Å². The van der Waals surface area contributed by atoms with Crippen molar-refractivity contribution in [1.82, 2.24) is 19.7 Å². The molecule has 2 aliphatic heterocycles. The molecule has 10 heteroatoms. The normalized spacial score (nSPS) is 19.4. The molecule has 8 nitrogen and oxygen atoms in total. The Kier molecular flexibility index (Phi) is 5.25. The number of rotatable bonds is 5. The summed E-state index contributed by atoms with van der Waals surface area (Å²) < 4.78 is 38.3. The molecule has 1 N–H and O–H groups in total. The second-order valence-electron chi connectivity index (χ2n) is 8.08. The van der Waals surface area contributed by atoms with Crippen LogP contribution in [0.5, 0.6) is 11.5 Å². The lowest BCUT2D eigenvalue weighted by Crippen LogP contribution is -2.35. The quantitative estimate of drug-likeness (QED) is 0.800. The maximum absolute atomic E-state index is 13.2. The van der Waals surface area contributed by atoms with Crippen LogP contribution in [0.1, 0.15) is 49.3 Å². The van der Waals surface area contributed by atoms with Gasteiger partial charge >= 0.3 is 12.0 Å². The minimum Gasteiger partial charge on any atom is -0.395 e. The number of aryl methyl sites for hydroxylation is 2. The van der Waals surface area contributed by atoms with Crippen LogP contribution in [0, 0.1) is 5.92 Å². The summed E-state index contributed by atoms with van der Waals surface area (Å²) >= 11 is 0. The Bertz CT molecular complexity index is 1010. The molecule has 3 heterocycles. The Morgan fingerprint density at radius 3 is 2.83 bits per heavy atom. The standard InChI is InChI=1S/C20H24F2N4O4/c1-12(2)7-10-26-19(28)25-9-8-14(4-6-17(25)24-26)23-18(27)13-3-5-15-16(11-13)30-20(21,22)29-15/h3,5,11-12,14H,4,6-10H2,1-2H3,(H,23,27). The Hall–Kier alpha value is -2.91. The molecular weight excluding hydrogens is 398 g/mol. The van der Waals surface area contributed by atoms with Crippen molar-refractivity contribution in [2.24, 2.45) is 5.92 Å². The molecule has 1 aromatic heterocycles. The lowest BCUT2D eigenvalue weighted by Gasteiger charge is -2.16. The van der Waals surface area contributed by atoms with Gasteiger partial charge in [-0.1, -0.05) is 13.8 Å². The van der Waals surface area contributed by atoms with Crippen LogP contribution >= 0.6 is 0 Å². The van der Waals surface area contributed by atoms with E-state index in [-0.39, 0.29) is 28.8 Å². The third-order valence-corrected chi connectivity index (χ3v) is 5.33. The predicted octanol–water partition coefficient (Wildman–Crippen LogP) is 2.55. The maximum Gasteiger partial charge on any atom is 0.586 e. The van der Waals surface area contributed by atoms with Crippen LogP contribution in [-0.4, -0.2) is 32.6 Å². The van der Waals surface area contributed by atoms with E-state index in [0.717, 1.165) is 12.2 Å². The van der Waals surface area contributed by atoms with Gasteiger partial charge in [-0.05, 0) is 43.4 Å². The van der Waals surface area contributed by atoms with Crippen molar-refractivity contribution in [3.05, 3.63) is 40.1 Å². The molecule has 0 saturated heterocycles. The van der Waals surface area contributed by atoms with Crippen LogP contribution in [0.4, 0.5) is 8.78 Å². The van der Waals surface area contributed by atoms with E-state index < -0.39 is 12.2 Å². The second-order valence-corrected chi connectivity index (χ2v) is 8.08. The molecule has 1 amide bonds. The number of fused-ring (bicyclic) bond motifs is 2. The summed E-state index contributed by atoms with van der Waals surface area (Å²) in [4.78, 5) is 25.2. The fourth-order valence-electron chi connectivity index (χ4n) is 3.66. The molecule has 0 radical (unpaired) electrons. The zero-order valence-corrected chi connectivity index (χ0v) is 16.9. The lowest BCUT2D eigenvalue weighted by atomic mass is 10.1. The van der Waals surface area contributed by atoms with Gasteiger partial charge in [0.25, 0.3) is 5.91 Å². The van der Waals surface area contributed by atoms with Gasteiger partial charge in [0.15, 0.2) is 11.5 Å². The highest BCUT2D eigenvalue weighted by Crippen LogP contribution is 2.41. The summed E-state index contributed by atoms with van der Waals surface area (Å²) in [5.74, 6) is 0.544. The summed E-state index contributed by atoms with van der Waals surface area (Å²) in [5, 5.41) is 7.37. The van der Waals surface area contributed by atoms with Crippen molar-refractivity contribution in [3.63, 3.8) is 0 Å². The number of halogens is 2. The van der Waals surface area contributed by atoms with Gasteiger partial charge in [-0.2, -0.15) is 5.10 Å². The fraction of sp³-hybridized carbons (Fsp3) is 0.550. The number of ether oxygens (including phenoxy) is 2. The molecular formula is C20H24F2N4O4. The van der Waals surface area contributed by atoms with Crippen molar-refractivity contribution in [2.75, 3.05) is 0 Å². The highest BCUT2D eigenvalue weighted by molar-refractivity contribution is 5.95. The summed E-state index contributed by atoms with van der Waals surface area (Å²) in [7, 11) is 0. The number of alkyl halides is 2. The Balaban J connectivity index is 1.39. The van der Waals surface area contributed by atoms with Crippen molar-refractivity contribution in [2.45, 2.75) is 65.0 Å². The van der Waals surface area contributed by atoms with Gasteiger partial charge in [0.1, 0.15) is 5.82 Å². The molecule has 0 aliphatic carbocycles. The van der Waals surface area contributed by atoms with Crippen LogP contribution in [0.3, 0.4) is 0 Å². The topological polar surface area (TPSA) is 87.4 Å². The molecule has 0 saturated carbocycles. The third-order valence-electron chi connectivity index (χ3n) is 5.33. The van der Waals surface area contributed by atoms with Gasteiger partial charge in [-0.15, -0.1) is 8.78 Å². The average Bonchev–Trinajstić information content (AvgIpc) is 3.06. The van der Waals surface area contributed by atoms with Gasteiger partial charge in [0.2, 0.25) is 0 Å². The molecule has 4 rings (SSSR count). The second kappa shape index (κ2) is 7.73. The summed E-state index contributed by atoms with van der Waals surface area (Å²) in [6.45, 7) is 5.27. The SMILES string of the molecule is CC(C)CCn1nc2n(c1=O)CCC(NC(=O)c1ccc3c(c1)OC(F)(F)O3)CC2. The van der Waals surface area contributed by atoms with Crippen LogP contribution in [0.2, 0.25) is 0 Å². The molecule has 30 heavy (non-hydrogen) atoms. The van der Waals surface area contributed by atoms with Crippen molar-refractivity contribution in [1.29, 1.82) is 0 Å². The van der Waals surface area contributed by atoms with Gasteiger partial charge in [-0.3, -0.25) is 9.36 Å². The molecule has 1 atom stereocenters. The van der Waals surface area contributed by atoms with Crippen LogP contribution in [0.25, 0.3) is 0 Å². The molecule has 0 bridgehead atoms. The molecule has 0 spiro atoms. The number of hydrogen-bond donors (Lipinski definition) is 1. The first kappa shape index (κ1) is 20.4. The first-order valence-corrected chi connectivity index (χ1v) is 10.1. The van der Waals surface area contributed by atoms with E-state index in [4.69, 9.17) is 0 Å². The molecule has 0 fully saturated rings. The van der Waals surface area contributed by atoms with Crippen molar-refractivity contribution >= 4 is 5.91 Å². The lowest BCUT2D eigenvalue weighted by molar-refractivity contribution is -0.286. The first-order valence-electron chi connectivity index (χ1n) is 10.1. The van der Waals surface area contributed by atoms with E-state index in [1.165, 1.54) is 22.9 Å². The molecule has 162 valence electrons. The number of nitrogens with zero attached hydrogens (tertiary/aromatic N) is 3. The fourth-order valence-corrected chi connectivity index (χ4v) is 3.66. The zero-order valence-electron chi connectivity index (χ0n) is 16.9. The van der Waals surface area contributed by atoms with Crippen LogP contribution in [0.15, 0.2) is 23.0 Å². The monoisotopic (exact) mass is 422 g/mol. The third kappa shape index (κ3) is 4.17. The Morgan fingerprint density at radius 1 is 1.30 bits per heavy atom. The number of carbonyl (C=O) groups is 1. The number of amides is 1. The molecule has 1 aromatic carbocycles. The minimum absolute atomic E-state index is 0.106. The summed E-state index contributed by atoms with van der Waals surface area (Å²) in [6.07, 6.45) is -1.05. The number of benzene rings is 1. The van der Waals surface area contributed by atoms with E-state index in [0.29, 0.717) is 38.3 Å². The smallest absolute Gasteiger partial charge is 0.395 e. The van der Waals surface area contributed by atoms with E-state index in [2.05, 4.69) is 33.7 Å². The van der Waals surface area contributed by atoms with E-state index in [1.807, 2.05) is 0 Å². The van der Waals surface area contributed by atoms with Crippen LogP contribution in [-0.2, 0) is 19.5 Å². The predicted molar refractivity (Wildman–Crippen MR) is 103 cm³/mol. The largest absolute Gasteiger partial charge is 0.586 e. The first-order chi connectivity index (χ1) is 14.2. The summed E-state index contributed by atoms with van der Waals surface area (Å²) in [5.41, 5.74) is 0.0856. The summed E-state index contributed by atoms with van der Waals surface area (Å²) in [6, 6.07) is 3.78.